The molecule has 0 aliphatic heterocycles. The molecule has 0 aliphatic rings. The summed E-state index contributed by atoms with van der Waals surface area (Å²) in [6, 6.07) is 7.17. The summed E-state index contributed by atoms with van der Waals surface area (Å²) in [5, 5.41) is 3.43. The molecule has 24 heavy (non-hydrogen) atoms. The van der Waals surface area contributed by atoms with E-state index in [0.29, 0.717) is 27.7 Å². The number of nitrogens with one attached hydrogen (secondary N) is 1. The molecule has 0 unspecified atom stereocenters. The van der Waals surface area contributed by atoms with Gasteiger partial charge in [-0.15, -0.1) is 0 Å². The van der Waals surface area contributed by atoms with Crippen LogP contribution in [0.4, 0.5) is 0 Å². The van der Waals surface area contributed by atoms with Crippen LogP contribution in [-0.4, -0.2) is 21.5 Å². The third-order valence-corrected chi connectivity index (χ3v) is 4.28. The van der Waals surface area contributed by atoms with Gasteiger partial charge in [-0.2, -0.15) is 0 Å². The quantitative estimate of drug-likeness (QED) is 0.903. The number of carbonyl (C=O) groups is 1. The SMILES string of the molecule is CC[C@@H](C)NC(=O)Cn1c(-c2cccc(Cl)c2)nc(C)c(C)c1=O. The molecule has 0 fully saturated rings. The van der Waals surface area contributed by atoms with Crippen molar-refractivity contribution in [3.05, 3.63) is 50.9 Å². The van der Waals surface area contributed by atoms with Gasteiger partial charge in [0, 0.05) is 27.9 Å². The van der Waals surface area contributed by atoms with Crippen molar-refractivity contribution in [3.63, 3.8) is 0 Å². The lowest BCUT2D eigenvalue weighted by molar-refractivity contribution is -0.122. The molecular formula is C18H22ClN3O2. The van der Waals surface area contributed by atoms with Gasteiger partial charge in [0.25, 0.3) is 5.56 Å². The van der Waals surface area contributed by atoms with Gasteiger partial charge in [-0.25, -0.2) is 4.98 Å². The molecule has 0 bridgehead atoms. The number of hydrogen-bond acceptors (Lipinski definition) is 3. The van der Waals surface area contributed by atoms with E-state index >= 15 is 0 Å². The van der Waals surface area contributed by atoms with Crippen LogP contribution in [0.1, 0.15) is 31.5 Å². The minimum absolute atomic E-state index is 0.0577. The second-order valence-electron chi connectivity index (χ2n) is 5.92. The van der Waals surface area contributed by atoms with Crippen LogP contribution < -0.4 is 10.9 Å². The zero-order valence-corrected chi connectivity index (χ0v) is 15.1. The number of nitrogens with zero attached hydrogens (tertiary/aromatic N) is 2. The number of benzene rings is 1. The maximum absolute atomic E-state index is 12.7. The molecule has 128 valence electrons. The highest BCUT2D eigenvalue weighted by Gasteiger charge is 2.16. The zero-order chi connectivity index (χ0) is 17.9. The van der Waals surface area contributed by atoms with Crippen LogP contribution in [0.5, 0.6) is 0 Å². The average Bonchev–Trinajstić information content (AvgIpc) is 2.55. The summed E-state index contributed by atoms with van der Waals surface area (Å²) in [6.07, 6.45) is 0.826. The van der Waals surface area contributed by atoms with Crippen molar-refractivity contribution >= 4 is 17.5 Å². The molecule has 1 N–H and O–H groups in total. The van der Waals surface area contributed by atoms with Crippen molar-refractivity contribution in [3.8, 4) is 11.4 Å². The first kappa shape index (κ1) is 18.2. The molecule has 1 amide bonds. The summed E-state index contributed by atoms with van der Waals surface area (Å²) >= 11 is 6.06. The van der Waals surface area contributed by atoms with Crippen molar-refractivity contribution in [2.24, 2.45) is 0 Å². The van der Waals surface area contributed by atoms with E-state index in [1.165, 1.54) is 4.57 Å². The standard InChI is InChI=1S/C18H22ClN3O2/c1-5-11(2)20-16(23)10-22-17(14-7-6-8-15(19)9-14)21-13(4)12(3)18(22)24/h6-9,11H,5,10H2,1-4H3,(H,20,23)/t11-/m1/s1. The van der Waals surface area contributed by atoms with Gasteiger partial charge < -0.3 is 5.32 Å². The highest BCUT2D eigenvalue weighted by atomic mass is 35.5. The lowest BCUT2D eigenvalue weighted by Gasteiger charge is -2.16. The van der Waals surface area contributed by atoms with Gasteiger partial charge in [0.1, 0.15) is 12.4 Å². The molecule has 1 aromatic carbocycles. The molecule has 5 nitrogen and oxygen atoms in total. The van der Waals surface area contributed by atoms with Crippen LogP contribution in [-0.2, 0) is 11.3 Å². The van der Waals surface area contributed by atoms with E-state index in [0.717, 1.165) is 6.42 Å². The van der Waals surface area contributed by atoms with Crippen LogP contribution in [0.3, 0.4) is 0 Å². The molecule has 1 heterocycles. The number of rotatable bonds is 5. The summed E-state index contributed by atoms with van der Waals surface area (Å²) in [7, 11) is 0. The molecule has 1 atom stereocenters. The first-order valence-electron chi connectivity index (χ1n) is 7.96. The van der Waals surface area contributed by atoms with E-state index in [2.05, 4.69) is 10.3 Å². The predicted molar refractivity (Wildman–Crippen MR) is 96.3 cm³/mol. The van der Waals surface area contributed by atoms with Gasteiger partial charge in [-0.05, 0) is 39.3 Å². The third-order valence-electron chi connectivity index (χ3n) is 4.04. The van der Waals surface area contributed by atoms with E-state index in [-0.39, 0.29) is 24.1 Å². The van der Waals surface area contributed by atoms with Crippen molar-refractivity contribution in [2.45, 2.75) is 46.7 Å². The molecule has 0 spiro atoms. The summed E-state index contributed by atoms with van der Waals surface area (Å²) in [5.41, 5.74) is 1.68. The minimum atomic E-state index is -0.211. The zero-order valence-electron chi connectivity index (χ0n) is 14.4. The molecule has 0 saturated carbocycles. The minimum Gasteiger partial charge on any atom is -0.352 e. The Labute approximate surface area is 146 Å². The summed E-state index contributed by atoms with van der Waals surface area (Å²) in [4.78, 5) is 29.4. The Balaban J connectivity index is 2.51. The fourth-order valence-corrected chi connectivity index (χ4v) is 2.51. The number of amides is 1. The van der Waals surface area contributed by atoms with Crippen LogP contribution in [0.15, 0.2) is 29.1 Å². The fourth-order valence-electron chi connectivity index (χ4n) is 2.32. The monoisotopic (exact) mass is 347 g/mol. The van der Waals surface area contributed by atoms with Crippen molar-refractivity contribution < 1.29 is 4.79 Å². The van der Waals surface area contributed by atoms with Crippen molar-refractivity contribution in [1.82, 2.24) is 14.9 Å². The number of aryl methyl sites for hydroxylation is 1. The van der Waals surface area contributed by atoms with E-state index in [9.17, 15) is 9.59 Å². The first-order valence-corrected chi connectivity index (χ1v) is 8.34. The normalized spacial score (nSPS) is 12.0. The Morgan fingerprint density at radius 1 is 1.38 bits per heavy atom. The Hall–Kier alpha value is -2.14. The van der Waals surface area contributed by atoms with Gasteiger partial charge in [-0.3, -0.25) is 14.2 Å². The largest absolute Gasteiger partial charge is 0.352 e. The van der Waals surface area contributed by atoms with E-state index in [1.54, 1.807) is 32.0 Å². The average molecular weight is 348 g/mol. The molecule has 0 aliphatic carbocycles. The third kappa shape index (κ3) is 4.03. The Morgan fingerprint density at radius 3 is 2.71 bits per heavy atom. The molecule has 0 radical (unpaired) electrons. The highest BCUT2D eigenvalue weighted by molar-refractivity contribution is 6.30. The summed E-state index contributed by atoms with van der Waals surface area (Å²) in [5.74, 6) is 0.240. The van der Waals surface area contributed by atoms with Crippen LogP contribution in [0, 0.1) is 13.8 Å². The second-order valence-corrected chi connectivity index (χ2v) is 6.36. The van der Waals surface area contributed by atoms with Crippen LogP contribution >= 0.6 is 11.6 Å². The highest BCUT2D eigenvalue weighted by Crippen LogP contribution is 2.21. The van der Waals surface area contributed by atoms with E-state index < -0.39 is 0 Å². The molecule has 6 heteroatoms. The van der Waals surface area contributed by atoms with Gasteiger partial charge >= 0.3 is 0 Å². The number of carbonyl (C=O) groups excluding carboxylic acids is 1. The first-order chi connectivity index (χ1) is 11.3. The van der Waals surface area contributed by atoms with Gasteiger partial charge in [0.2, 0.25) is 5.91 Å². The summed E-state index contributed by atoms with van der Waals surface area (Å²) < 4.78 is 1.41. The van der Waals surface area contributed by atoms with Gasteiger partial charge in [-0.1, -0.05) is 30.7 Å². The molecule has 0 saturated heterocycles. The Bertz CT molecular complexity index is 814. The maximum atomic E-state index is 12.7. The van der Waals surface area contributed by atoms with E-state index in [1.807, 2.05) is 19.9 Å². The van der Waals surface area contributed by atoms with Gasteiger partial charge in [0.15, 0.2) is 0 Å². The lowest BCUT2D eigenvalue weighted by atomic mass is 10.1. The van der Waals surface area contributed by atoms with Crippen molar-refractivity contribution in [2.75, 3.05) is 0 Å². The lowest BCUT2D eigenvalue weighted by Crippen LogP contribution is -2.38. The predicted octanol–water partition coefficient (Wildman–Crippen LogP) is 3.10. The Morgan fingerprint density at radius 2 is 2.08 bits per heavy atom. The number of halogens is 1. The smallest absolute Gasteiger partial charge is 0.257 e. The Kier molecular flexibility index (Phi) is 5.78. The van der Waals surface area contributed by atoms with Gasteiger partial charge in [0.05, 0.1) is 0 Å². The van der Waals surface area contributed by atoms with E-state index in [4.69, 9.17) is 11.6 Å². The fraction of sp³-hybridized carbons (Fsp3) is 0.389. The summed E-state index contributed by atoms with van der Waals surface area (Å²) in [6.45, 7) is 7.35. The molecule has 2 aromatic rings. The van der Waals surface area contributed by atoms with Crippen molar-refractivity contribution in [1.29, 1.82) is 0 Å². The second kappa shape index (κ2) is 7.62. The topological polar surface area (TPSA) is 64.0 Å². The maximum Gasteiger partial charge on any atom is 0.257 e. The molecule has 1 aromatic heterocycles. The number of aromatic nitrogens is 2. The molecular weight excluding hydrogens is 326 g/mol. The van der Waals surface area contributed by atoms with Crippen LogP contribution in [0.2, 0.25) is 5.02 Å². The number of hydrogen-bond donors (Lipinski definition) is 1. The molecule has 2 rings (SSSR count). The van der Waals surface area contributed by atoms with Crippen LogP contribution in [0.25, 0.3) is 11.4 Å².